The molecule has 0 aromatic heterocycles. The highest BCUT2D eigenvalue weighted by molar-refractivity contribution is 7.97. The average Bonchev–Trinajstić information content (AvgIpc) is 2.56. The standard InChI is InChI=1S/C20H20N2S2/c1-14-8-15(2)19(10-17(14)9-18(11-21)20(22)23)13-24-12-16-6-4-3-5-7-16/h3-10H,12-13H2,1-2H3,(H2,22,23)/b18-9-. The van der Waals surface area contributed by atoms with Crippen LogP contribution in [0.4, 0.5) is 0 Å². The van der Waals surface area contributed by atoms with E-state index in [-0.39, 0.29) is 4.99 Å². The second-order valence-electron chi connectivity index (χ2n) is 5.65. The monoisotopic (exact) mass is 352 g/mol. The van der Waals surface area contributed by atoms with Crippen molar-refractivity contribution in [3.8, 4) is 6.07 Å². The maximum Gasteiger partial charge on any atom is 0.114 e. The number of thioether (sulfide) groups is 1. The zero-order valence-corrected chi connectivity index (χ0v) is 15.5. The molecule has 0 unspecified atom stereocenters. The number of rotatable bonds is 6. The SMILES string of the molecule is Cc1cc(C)c(CSCc2ccccc2)cc1/C=C(/C#N)C(N)=S. The highest BCUT2D eigenvalue weighted by Crippen LogP contribution is 2.24. The smallest absolute Gasteiger partial charge is 0.114 e. The molecule has 0 spiro atoms. The molecule has 2 aromatic rings. The van der Waals surface area contributed by atoms with Crippen LogP contribution in [0.25, 0.3) is 6.08 Å². The van der Waals surface area contributed by atoms with E-state index in [0.29, 0.717) is 5.57 Å². The van der Waals surface area contributed by atoms with Gasteiger partial charge in [0.1, 0.15) is 11.1 Å². The zero-order valence-electron chi connectivity index (χ0n) is 13.9. The first kappa shape index (κ1) is 18.3. The average molecular weight is 353 g/mol. The molecule has 4 heteroatoms. The largest absolute Gasteiger partial charge is 0.389 e. The molecule has 0 aliphatic heterocycles. The second-order valence-corrected chi connectivity index (χ2v) is 7.07. The molecular formula is C20H20N2S2. The van der Waals surface area contributed by atoms with Crippen molar-refractivity contribution < 1.29 is 0 Å². The lowest BCUT2D eigenvalue weighted by Gasteiger charge is -2.11. The van der Waals surface area contributed by atoms with Crippen LogP contribution in [0.1, 0.15) is 27.8 Å². The number of benzene rings is 2. The summed E-state index contributed by atoms with van der Waals surface area (Å²) in [4.78, 5) is 0.137. The first-order valence-corrected chi connectivity index (χ1v) is 9.21. The van der Waals surface area contributed by atoms with Crippen LogP contribution in [0.2, 0.25) is 0 Å². The topological polar surface area (TPSA) is 49.8 Å². The first-order valence-electron chi connectivity index (χ1n) is 7.64. The highest BCUT2D eigenvalue weighted by Gasteiger charge is 2.06. The van der Waals surface area contributed by atoms with Crippen molar-refractivity contribution in [2.24, 2.45) is 5.73 Å². The summed E-state index contributed by atoms with van der Waals surface area (Å²) in [5.74, 6) is 1.91. The maximum absolute atomic E-state index is 9.15. The van der Waals surface area contributed by atoms with E-state index in [1.165, 1.54) is 16.7 Å². The Bertz CT molecular complexity index is 802. The minimum atomic E-state index is 0.137. The zero-order chi connectivity index (χ0) is 17.5. The molecule has 0 saturated carbocycles. The minimum Gasteiger partial charge on any atom is -0.389 e. The van der Waals surface area contributed by atoms with Gasteiger partial charge >= 0.3 is 0 Å². The van der Waals surface area contributed by atoms with E-state index in [1.807, 2.05) is 24.8 Å². The Kier molecular flexibility index (Phi) is 6.60. The molecule has 0 radical (unpaired) electrons. The molecule has 24 heavy (non-hydrogen) atoms. The van der Waals surface area contributed by atoms with Crippen LogP contribution in [0.15, 0.2) is 48.0 Å². The van der Waals surface area contributed by atoms with E-state index >= 15 is 0 Å². The summed E-state index contributed by atoms with van der Waals surface area (Å²) in [6, 6.07) is 16.8. The number of hydrogen-bond acceptors (Lipinski definition) is 3. The van der Waals surface area contributed by atoms with Gasteiger partial charge in [0.15, 0.2) is 0 Å². The van der Waals surface area contributed by atoms with Gasteiger partial charge in [0, 0.05) is 11.5 Å². The summed E-state index contributed by atoms with van der Waals surface area (Å²) in [5.41, 5.74) is 11.9. The van der Waals surface area contributed by atoms with Crippen LogP contribution in [0.3, 0.4) is 0 Å². The van der Waals surface area contributed by atoms with Crippen LogP contribution in [0, 0.1) is 25.2 Å². The number of nitriles is 1. The van der Waals surface area contributed by atoms with Crippen molar-refractivity contribution >= 4 is 35.0 Å². The Labute approximate surface area is 153 Å². The fraction of sp³-hybridized carbons (Fsp3) is 0.200. The van der Waals surface area contributed by atoms with E-state index in [0.717, 1.165) is 22.6 Å². The Morgan fingerprint density at radius 3 is 2.50 bits per heavy atom. The fourth-order valence-corrected chi connectivity index (χ4v) is 3.56. The van der Waals surface area contributed by atoms with Gasteiger partial charge in [-0.3, -0.25) is 0 Å². The van der Waals surface area contributed by atoms with Crippen LogP contribution in [-0.2, 0) is 11.5 Å². The van der Waals surface area contributed by atoms with Crippen molar-refractivity contribution in [3.63, 3.8) is 0 Å². The van der Waals surface area contributed by atoms with E-state index in [4.69, 9.17) is 23.2 Å². The van der Waals surface area contributed by atoms with Gasteiger partial charge in [-0.05, 0) is 47.7 Å². The summed E-state index contributed by atoms with van der Waals surface area (Å²) in [6.45, 7) is 4.16. The van der Waals surface area contributed by atoms with Gasteiger partial charge in [-0.15, -0.1) is 0 Å². The summed E-state index contributed by atoms with van der Waals surface area (Å²) in [5, 5.41) is 9.15. The Hall–Kier alpha value is -2.09. The van der Waals surface area contributed by atoms with Gasteiger partial charge in [-0.25, -0.2) is 0 Å². The molecule has 2 N–H and O–H groups in total. The molecular weight excluding hydrogens is 332 g/mol. The first-order chi connectivity index (χ1) is 11.5. The molecule has 0 amide bonds. The van der Waals surface area contributed by atoms with E-state index in [2.05, 4.69) is 49.4 Å². The molecule has 2 aromatic carbocycles. The Balaban J connectivity index is 2.17. The van der Waals surface area contributed by atoms with Crippen LogP contribution in [-0.4, -0.2) is 4.99 Å². The molecule has 0 aliphatic rings. The number of thiocarbonyl (C=S) groups is 1. The lowest BCUT2D eigenvalue weighted by Crippen LogP contribution is -2.09. The minimum absolute atomic E-state index is 0.137. The van der Waals surface area contributed by atoms with Crippen molar-refractivity contribution in [1.82, 2.24) is 0 Å². The molecule has 2 nitrogen and oxygen atoms in total. The maximum atomic E-state index is 9.15. The number of nitrogens with zero attached hydrogens (tertiary/aromatic N) is 1. The third kappa shape index (κ3) is 4.95. The molecule has 0 saturated heterocycles. The van der Waals surface area contributed by atoms with Gasteiger partial charge in [-0.1, -0.05) is 54.7 Å². The van der Waals surface area contributed by atoms with Crippen LogP contribution in [0.5, 0.6) is 0 Å². The van der Waals surface area contributed by atoms with Crippen LogP contribution < -0.4 is 5.73 Å². The molecule has 0 fully saturated rings. The molecule has 0 aliphatic carbocycles. The molecule has 122 valence electrons. The van der Waals surface area contributed by atoms with Gasteiger partial charge in [-0.2, -0.15) is 17.0 Å². The quantitative estimate of drug-likeness (QED) is 0.455. The lowest BCUT2D eigenvalue weighted by atomic mass is 9.99. The van der Waals surface area contributed by atoms with Crippen molar-refractivity contribution in [1.29, 1.82) is 5.26 Å². The Morgan fingerprint density at radius 2 is 1.88 bits per heavy atom. The highest BCUT2D eigenvalue weighted by atomic mass is 32.2. The third-order valence-corrected chi connectivity index (χ3v) is 5.05. The Morgan fingerprint density at radius 1 is 1.17 bits per heavy atom. The number of aryl methyl sites for hydroxylation is 2. The van der Waals surface area contributed by atoms with Gasteiger partial charge < -0.3 is 5.73 Å². The fourth-order valence-electron chi connectivity index (χ4n) is 2.39. The molecule has 0 heterocycles. The van der Waals surface area contributed by atoms with Crippen molar-refractivity contribution in [2.75, 3.05) is 0 Å². The summed E-state index contributed by atoms with van der Waals surface area (Å²) < 4.78 is 0. The van der Waals surface area contributed by atoms with E-state index < -0.39 is 0 Å². The predicted molar refractivity (Wildman–Crippen MR) is 108 cm³/mol. The predicted octanol–water partition coefficient (Wildman–Crippen LogP) is 4.93. The number of nitrogens with two attached hydrogens (primary N) is 1. The van der Waals surface area contributed by atoms with Crippen molar-refractivity contribution in [3.05, 3.63) is 75.9 Å². The van der Waals surface area contributed by atoms with Crippen molar-refractivity contribution in [2.45, 2.75) is 25.4 Å². The van der Waals surface area contributed by atoms with E-state index in [9.17, 15) is 0 Å². The van der Waals surface area contributed by atoms with E-state index in [1.54, 1.807) is 6.08 Å². The van der Waals surface area contributed by atoms with Crippen LogP contribution >= 0.6 is 24.0 Å². The summed E-state index contributed by atoms with van der Waals surface area (Å²) in [6.07, 6.45) is 1.78. The lowest BCUT2D eigenvalue weighted by molar-refractivity contribution is 1.26. The molecule has 0 atom stereocenters. The second kappa shape index (κ2) is 8.68. The van der Waals surface area contributed by atoms with Gasteiger partial charge in [0.25, 0.3) is 0 Å². The molecule has 0 bridgehead atoms. The summed E-state index contributed by atoms with van der Waals surface area (Å²) >= 11 is 6.81. The summed E-state index contributed by atoms with van der Waals surface area (Å²) in [7, 11) is 0. The number of hydrogen-bond donors (Lipinski definition) is 1. The normalized spacial score (nSPS) is 11.1. The van der Waals surface area contributed by atoms with Gasteiger partial charge in [0.2, 0.25) is 0 Å². The third-order valence-electron chi connectivity index (χ3n) is 3.78. The van der Waals surface area contributed by atoms with Gasteiger partial charge in [0.05, 0.1) is 5.57 Å². The molecule has 2 rings (SSSR count).